The van der Waals surface area contributed by atoms with Gasteiger partial charge in [-0.1, -0.05) is 18.2 Å². The topological polar surface area (TPSA) is 34.9 Å². The van der Waals surface area contributed by atoms with Crippen LogP contribution in [0.1, 0.15) is 32.4 Å². The number of Topliss-reactive ketones (excluding diaryl/α,β-unsaturated/α-hetero) is 1. The number of rotatable bonds is 4. The van der Waals surface area contributed by atoms with Gasteiger partial charge in [0.25, 0.3) is 0 Å². The Morgan fingerprint density at radius 2 is 2.25 bits per heavy atom. The molecule has 1 fully saturated rings. The third-order valence-electron chi connectivity index (χ3n) is 4.17. The third-order valence-corrected chi connectivity index (χ3v) is 5.73. The summed E-state index contributed by atoms with van der Waals surface area (Å²) in [5.41, 5.74) is 2.06. The summed E-state index contributed by atoms with van der Waals surface area (Å²) in [5, 5.41) is 5.76. The molecule has 0 bridgehead atoms. The van der Waals surface area contributed by atoms with Crippen LogP contribution in [0.4, 0.5) is 0 Å². The van der Waals surface area contributed by atoms with Gasteiger partial charge < -0.3 is 0 Å². The van der Waals surface area contributed by atoms with Gasteiger partial charge in [0.15, 0.2) is 5.78 Å². The molecule has 1 aromatic heterocycles. The van der Waals surface area contributed by atoms with Crippen molar-refractivity contribution in [2.24, 2.45) is 0 Å². The summed E-state index contributed by atoms with van der Waals surface area (Å²) in [6.45, 7) is 5.01. The fourth-order valence-corrected chi connectivity index (χ4v) is 4.17. The Bertz CT molecular complexity index is 641. The van der Waals surface area contributed by atoms with Crippen LogP contribution >= 0.6 is 11.8 Å². The second-order valence-electron chi connectivity index (χ2n) is 5.56. The summed E-state index contributed by atoms with van der Waals surface area (Å²) in [5.74, 6) is 1.43. The molecule has 1 aliphatic heterocycles. The van der Waals surface area contributed by atoms with Gasteiger partial charge in [0.1, 0.15) is 0 Å². The molecule has 0 radical (unpaired) electrons. The molecule has 1 unspecified atom stereocenters. The van der Waals surface area contributed by atoms with E-state index in [0.29, 0.717) is 12.2 Å². The Kier molecular flexibility index (Phi) is 3.59. The van der Waals surface area contributed by atoms with Crippen molar-refractivity contribution in [3.8, 4) is 0 Å². The van der Waals surface area contributed by atoms with Crippen LogP contribution in [0, 0.1) is 0 Å². The molecule has 0 aliphatic carbocycles. The molecule has 1 aromatic carbocycles. The third kappa shape index (κ3) is 2.26. The van der Waals surface area contributed by atoms with Crippen molar-refractivity contribution >= 4 is 28.4 Å². The van der Waals surface area contributed by atoms with Crippen LogP contribution < -0.4 is 0 Å². The molecule has 106 valence electrons. The lowest BCUT2D eigenvalue weighted by molar-refractivity contribution is -0.120. The first-order valence-corrected chi connectivity index (χ1v) is 8.24. The number of carbonyl (C=O) groups excluding carboxylic acids is 1. The highest BCUT2D eigenvalue weighted by molar-refractivity contribution is 8.01. The Morgan fingerprint density at radius 1 is 1.45 bits per heavy atom. The zero-order chi connectivity index (χ0) is 14.2. The SMILES string of the molecule is CCn1nc(CC(=O)C2(C)CCCS2)c2ccccc21. The summed E-state index contributed by atoms with van der Waals surface area (Å²) in [6, 6.07) is 8.19. The van der Waals surface area contributed by atoms with Crippen molar-refractivity contribution < 1.29 is 4.79 Å². The van der Waals surface area contributed by atoms with E-state index in [2.05, 4.69) is 31.1 Å². The first-order chi connectivity index (χ1) is 9.64. The lowest BCUT2D eigenvalue weighted by Crippen LogP contribution is -2.30. The molecule has 1 atom stereocenters. The Balaban J connectivity index is 1.93. The van der Waals surface area contributed by atoms with Gasteiger partial charge in [0, 0.05) is 11.9 Å². The van der Waals surface area contributed by atoms with Crippen LogP contribution in [-0.4, -0.2) is 26.1 Å². The highest BCUT2D eigenvalue weighted by Crippen LogP contribution is 2.39. The number of benzene rings is 1. The van der Waals surface area contributed by atoms with Crippen molar-refractivity contribution in [2.45, 2.75) is 44.4 Å². The van der Waals surface area contributed by atoms with E-state index in [-0.39, 0.29) is 4.75 Å². The van der Waals surface area contributed by atoms with Gasteiger partial charge in [-0.3, -0.25) is 9.48 Å². The van der Waals surface area contributed by atoms with E-state index in [0.717, 1.165) is 41.7 Å². The molecule has 1 aliphatic rings. The maximum absolute atomic E-state index is 12.6. The number of aromatic nitrogens is 2. The molecular formula is C16H20N2OS. The molecule has 2 aromatic rings. The quantitative estimate of drug-likeness (QED) is 0.864. The number of para-hydroxylation sites is 1. The second kappa shape index (κ2) is 5.24. The minimum atomic E-state index is -0.197. The monoisotopic (exact) mass is 288 g/mol. The van der Waals surface area contributed by atoms with Crippen LogP contribution in [0.25, 0.3) is 10.9 Å². The predicted molar refractivity (Wildman–Crippen MR) is 84.2 cm³/mol. The van der Waals surface area contributed by atoms with Crippen molar-refractivity contribution in [2.75, 3.05) is 5.75 Å². The van der Waals surface area contributed by atoms with E-state index in [1.54, 1.807) is 11.8 Å². The summed E-state index contributed by atoms with van der Waals surface area (Å²) in [4.78, 5) is 12.6. The van der Waals surface area contributed by atoms with Crippen LogP contribution in [0.15, 0.2) is 24.3 Å². The Labute approximate surface area is 123 Å². The van der Waals surface area contributed by atoms with Gasteiger partial charge >= 0.3 is 0 Å². The van der Waals surface area contributed by atoms with Gasteiger partial charge in [-0.05, 0) is 38.5 Å². The lowest BCUT2D eigenvalue weighted by Gasteiger charge is -2.20. The molecule has 0 spiro atoms. The molecule has 0 N–H and O–H groups in total. The normalized spacial score (nSPS) is 22.5. The first-order valence-electron chi connectivity index (χ1n) is 7.26. The van der Waals surface area contributed by atoms with Crippen molar-refractivity contribution in [3.05, 3.63) is 30.0 Å². The lowest BCUT2D eigenvalue weighted by atomic mass is 9.96. The minimum absolute atomic E-state index is 0.197. The summed E-state index contributed by atoms with van der Waals surface area (Å²) >= 11 is 1.81. The van der Waals surface area contributed by atoms with E-state index < -0.39 is 0 Å². The van der Waals surface area contributed by atoms with E-state index in [1.165, 1.54) is 0 Å². The minimum Gasteiger partial charge on any atom is -0.298 e. The predicted octanol–water partition coefficient (Wildman–Crippen LogP) is 3.45. The standard InChI is InChI=1S/C16H20N2OS/c1-3-18-14-8-5-4-7-12(14)13(17-18)11-15(19)16(2)9-6-10-20-16/h4-5,7-8H,3,6,9-11H2,1-2H3. The number of hydrogen-bond donors (Lipinski definition) is 0. The average Bonchev–Trinajstić information content (AvgIpc) is 3.05. The first kappa shape index (κ1) is 13.7. The maximum Gasteiger partial charge on any atom is 0.154 e. The fourth-order valence-electron chi connectivity index (χ4n) is 2.91. The van der Waals surface area contributed by atoms with Crippen molar-refractivity contribution in [1.29, 1.82) is 0 Å². The van der Waals surface area contributed by atoms with Crippen LogP contribution in [0.3, 0.4) is 0 Å². The molecule has 20 heavy (non-hydrogen) atoms. The van der Waals surface area contributed by atoms with Gasteiger partial charge in [0.05, 0.1) is 22.4 Å². The van der Waals surface area contributed by atoms with Crippen LogP contribution in [0.2, 0.25) is 0 Å². The summed E-state index contributed by atoms with van der Waals surface area (Å²) in [7, 11) is 0. The number of hydrogen-bond acceptors (Lipinski definition) is 3. The highest BCUT2D eigenvalue weighted by atomic mass is 32.2. The number of ketones is 1. The van der Waals surface area contributed by atoms with Gasteiger partial charge in [-0.2, -0.15) is 5.10 Å². The van der Waals surface area contributed by atoms with Crippen molar-refractivity contribution in [3.63, 3.8) is 0 Å². The number of thioether (sulfide) groups is 1. The molecule has 4 heteroatoms. The smallest absolute Gasteiger partial charge is 0.154 e. The van der Waals surface area contributed by atoms with Crippen LogP contribution in [0.5, 0.6) is 0 Å². The number of aryl methyl sites for hydroxylation is 1. The Hall–Kier alpha value is -1.29. The Morgan fingerprint density at radius 3 is 2.95 bits per heavy atom. The molecule has 0 amide bonds. The zero-order valence-corrected chi connectivity index (χ0v) is 12.9. The van der Waals surface area contributed by atoms with Gasteiger partial charge in [-0.25, -0.2) is 0 Å². The fraction of sp³-hybridized carbons (Fsp3) is 0.500. The number of carbonyl (C=O) groups is 1. The molecule has 2 heterocycles. The molecule has 1 saturated heterocycles. The van der Waals surface area contributed by atoms with Crippen LogP contribution in [-0.2, 0) is 17.8 Å². The van der Waals surface area contributed by atoms with E-state index >= 15 is 0 Å². The highest BCUT2D eigenvalue weighted by Gasteiger charge is 2.37. The molecule has 3 nitrogen and oxygen atoms in total. The molecular weight excluding hydrogens is 268 g/mol. The average molecular weight is 288 g/mol. The number of fused-ring (bicyclic) bond motifs is 1. The summed E-state index contributed by atoms with van der Waals surface area (Å²) in [6.07, 6.45) is 2.61. The number of nitrogens with zero attached hydrogens (tertiary/aromatic N) is 2. The van der Waals surface area contributed by atoms with Gasteiger partial charge in [-0.15, -0.1) is 11.8 Å². The van der Waals surface area contributed by atoms with E-state index in [1.807, 2.05) is 16.8 Å². The zero-order valence-electron chi connectivity index (χ0n) is 12.1. The molecule has 3 rings (SSSR count). The maximum atomic E-state index is 12.6. The van der Waals surface area contributed by atoms with E-state index in [4.69, 9.17) is 0 Å². The second-order valence-corrected chi connectivity index (χ2v) is 7.16. The molecule has 0 saturated carbocycles. The van der Waals surface area contributed by atoms with E-state index in [9.17, 15) is 4.79 Å². The summed E-state index contributed by atoms with van der Waals surface area (Å²) < 4.78 is 1.79. The largest absolute Gasteiger partial charge is 0.298 e. The van der Waals surface area contributed by atoms with Gasteiger partial charge in [0.2, 0.25) is 0 Å². The van der Waals surface area contributed by atoms with Crippen molar-refractivity contribution in [1.82, 2.24) is 9.78 Å².